The summed E-state index contributed by atoms with van der Waals surface area (Å²) >= 11 is 0. The highest BCUT2D eigenvalue weighted by Crippen LogP contribution is 2.30. The van der Waals surface area contributed by atoms with Crippen molar-refractivity contribution in [1.82, 2.24) is 9.97 Å². The Morgan fingerprint density at radius 1 is 1.29 bits per heavy atom. The van der Waals surface area contributed by atoms with Crippen molar-refractivity contribution >= 4 is 22.8 Å². The number of carbonyl (C=O) groups is 1. The van der Waals surface area contributed by atoms with Crippen LogP contribution in [0.25, 0.3) is 11.0 Å². The van der Waals surface area contributed by atoms with Gasteiger partial charge in [0.25, 0.3) is 0 Å². The fourth-order valence-corrected chi connectivity index (χ4v) is 3.15. The lowest BCUT2D eigenvalue weighted by Crippen LogP contribution is -2.50. The van der Waals surface area contributed by atoms with E-state index < -0.39 is 12.0 Å². The van der Waals surface area contributed by atoms with Crippen LogP contribution in [0.1, 0.15) is 25.5 Å². The van der Waals surface area contributed by atoms with E-state index in [1.807, 2.05) is 43.0 Å². The summed E-state index contributed by atoms with van der Waals surface area (Å²) in [6.45, 7) is 4.61. The molecule has 5 heteroatoms. The zero-order chi connectivity index (χ0) is 15.0. The fourth-order valence-electron chi connectivity index (χ4n) is 3.15. The van der Waals surface area contributed by atoms with E-state index in [-0.39, 0.29) is 5.92 Å². The first-order valence-corrected chi connectivity index (χ1v) is 7.31. The second-order valence-electron chi connectivity index (χ2n) is 5.72. The molecule has 2 heterocycles. The third-order valence-corrected chi connectivity index (χ3v) is 4.18. The Morgan fingerprint density at radius 3 is 2.62 bits per heavy atom. The van der Waals surface area contributed by atoms with Gasteiger partial charge >= 0.3 is 5.97 Å². The predicted molar refractivity (Wildman–Crippen MR) is 81.4 cm³/mol. The number of para-hydroxylation sites is 2. The number of rotatable bonds is 2. The highest BCUT2D eigenvalue weighted by molar-refractivity contribution is 5.81. The Balaban J connectivity index is 2.09. The van der Waals surface area contributed by atoms with Gasteiger partial charge in [-0.1, -0.05) is 19.1 Å². The highest BCUT2D eigenvalue weighted by Gasteiger charge is 2.35. The molecular formula is C16H19N3O2. The molecule has 1 aliphatic heterocycles. The number of aryl methyl sites for hydroxylation is 1. The topological polar surface area (TPSA) is 66.3 Å². The third-order valence-electron chi connectivity index (χ3n) is 4.18. The fraction of sp³-hybridized carbons (Fsp3) is 0.438. The molecule has 2 atom stereocenters. The molecule has 1 saturated heterocycles. The first-order valence-electron chi connectivity index (χ1n) is 7.31. The molecule has 1 fully saturated rings. The van der Waals surface area contributed by atoms with Crippen LogP contribution in [0.5, 0.6) is 0 Å². The second kappa shape index (κ2) is 5.31. The molecule has 1 aromatic carbocycles. The smallest absolute Gasteiger partial charge is 0.326 e. The van der Waals surface area contributed by atoms with Crippen molar-refractivity contribution in [2.24, 2.45) is 5.92 Å². The van der Waals surface area contributed by atoms with Crippen molar-refractivity contribution in [3.05, 3.63) is 30.0 Å². The average Bonchev–Trinajstić information content (AvgIpc) is 2.45. The van der Waals surface area contributed by atoms with Gasteiger partial charge in [0.15, 0.2) is 5.82 Å². The van der Waals surface area contributed by atoms with Crippen molar-refractivity contribution in [2.75, 3.05) is 11.4 Å². The van der Waals surface area contributed by atoms with Crippen molar-refractivity contribution in [2.45, 2.75) is 32.7 Å². The maximum absolute atomic E-state index is 11.6. The average molecular weight is 285 g/mol. The van der Waals surface area contributed by atoms with Gasteiger partial charge in [0.2, 0.25) is 0 Å². The normalized spacial score (nSPS) is 22.5. The maximum atomic E-state index is 11.6. The minimum atomic E-state index is -0.781. The van der Waals surface area contributed by atoms with Crippen LogP contribution in [0.3, 0.4) is 0 Å². The van der Waals surface area contributed by atoms with Crippen LogP contribution in [0, 0.1) is 12.8 Å². The minimum Gasteiger partial charge on any atom is -0.480 e. The standard InChI is InChI=1S/C16H19N3O2/c1-10-6-5-9-19(14(10)16(20)21)15-11(2)17-12-7-3-4-8-13(12)18-15/h3-4,7-8,10,14H,5-6,9H2,1-2H3,(H,20,21). The molecular weight excluding hydrogens is 266 g/mol. The first-order chi connectivity index (χ1) is 10.1. The molecule has 0 saturated carbocycles. The summed E-state index contributed by atoms with van der Waals surface area (Å²) in [5, 5.41) is 9.55. The lowest BCUT2D eigenvalue weighted by Gasteiger charge is -2.38. The number of piperidine rings is 1. The van der Waals surface area contributed by atoms with E-state index in [1.54, 1.807) is 0 Å². The summed E-state index contributed by atoms with van der Waals surface area (Å²) in [5.41, 5.74) is 2.44. The SMILES string of the molecule is Cc1nc2ccccc2nc1N1CCCC(C)C1C(=O)O. The predicted octanol–water partition coefficient (Wildman–Crippen LogP) is 2.63. The minimum absolute atomic E-state index is 0.115. The van der Waals surface area contributed by atoms with Crippen LogP contribution < -0.4 is 4.90 Å². The third kappa shape index (κ3) is 2.44. The van der Waals surface area contributed by atoms with Gasteiger partial charge in [-0.25, -0.2) is 14.8 Å². The molecule has 1 aliphatic rings. The molecule has 0 bridgehead atoms. The number of carboxylic acids is 1. The van der Waals surface area contributed by atoms with E-state index in [0.717, 1.165) is 36.1 Å². The van der Waals surface area contributed by atoms with Gasteiger partial charge in [0.1, 0.15) is 6.04 Å². The molecule has 2 unspecified atom stereocenters. The van der Waals surface area contributed by atoms with Crippen molar-refractivity contribution in [3.8, 4) is 0 Å². The number of fused-ring (bicyclic) bond motifs is 1. The lowest BCUT2D eigenvalue weighted by molar-refractivity contribution is -0.140. The Morgan fingerprint density at radius 2 is 1.95 bits per heavy atom. The van der Waals surface area contributed by atoms with Gasteiger partial charge < -0.3 is 10.0 Å². The number of carboxylic acid groups (broad SMARTS) is 1. The van der Waals surface area contributed by atoms with Crippen molar-refractivity contribution < 1.29 is 9.90 Å². The van der Waals surface area contributed by atoms with Crippen molar-refractivity contribution in [1.29, 1.82) is 0 Å². The van der Waals surface area contributed by atoms with Gasteiger partial charge in [0.05, 0.1) is 16.7 Å². The molecule has 5 nitrogen and oxygen atoms in total. The second-order valence-corrected chi connectivity index (χ2v) is 5.72. The summed E-state index contributed by atoms with van der Waals surface area (Å²) in [6.07, 6.45) is 1.92. The Labute approximate surface area is 123 Å². The zero-order valence-corrected chi connectivity index (χ0v) is 12.3. The Kier molecular flexibility index (Phi) is 3.49. The Bertz CT molecular complexity index is 686. The van der Waals surface area contributed by atoms with E-state index in [0.29, 0.717) is 5.82 Å². The van der Waals surface area contributed by atoms with E-state index in [1.165, 1.54) is 0 Å². The summed E-state index contributed by atoms with van der Waals surface area (Å²) in [4.78, 5) is 22.8. The van der Waals surface area contributed by atoms with Gasteiger partial charge in [0, 0.05) is 6.54 Å². The molecule has 1 N–H and O–H groups in total. The lowest BCUT2D eigenvalue weighted by atomic mass is 9.90. The number of benzene rings is 1. The van der Waals surface area contributed by atoms with Gasteiger partial charge in [-0.05, 0) is 37.8 Å². The monoisotopic (exact) mass is 285 g/mol. The maximum Gasteiger partial charge on any atom is 0.326 e. The number of hydrogen-bond acceptors (Lipinski definition) is 4. The summed E-state index contributed by atoms with van der Waals surface area (Å²) in [7, 11) is 0. The van der Waals surface area contributed by atoms with Crippen LogP contribution in [0.2, 0.25) is 0 Å². The van der Waals surface area contributed by atoms with E-state index in [9.17, 15) is 9.90 Å². The van der Waals surface area contributed by atoms with Crippen LogP contribution in [-0.4, -0.2) is 33.6 Å². The largest absolute Gasteiger partial charge is 0.480 e. The molecule has 3 rings (SSSR count). The summed E-state index contributed by atoms with van der Waals surface area (Å²) in [6, 6.07) is 7.16. The molecule has 1 aromatic heterocycles. The molecule has 110 valence electrons. The zero-order valence-electron chi connectivity index (χ0n) is 12.3. The van der Waals surface area contributed by atoms with Crippen LogP contribution in [-0.2, 0) is 4.79 Å². The summed E-state index contributed by atoms with van der Waals surface area (Å²) in [5.74, 6) is 0.0353. The quantitative estimate of drug-likeness (QED) is 0.918. The van der Waals surface area contributed by atoms with E-state index in [2.05, 4.69) is 9.97 Å². The first kappa shape index (κ1) is 13.8. The van der Waals surface area contributed by atoms with Crippen LogP contribution >= 0.6 is 0 Å². The van der Waals surface area contributed by atoms with E-state index >= 15 is 0 Å². The molecule has 0 radical (unpaired) electrons. The molecule has 21 heavy (non-hydrogen) atoms. The number of aromatic nitrogens is 2. The molecule has 0 spiro atoms. The molecule has 0 amide bonds. The summed E-state index contributed by atoms with van der Waals surface area (Å²) < 4.78 is 0. The molecule has 2 aromatic rings. The van der Waals surface area contributed by atoms with Crippen LogP contribution in [0.15, 0.2) is 24.3 Å². The van der Waals surface area contributed by atoms with Crippen molar-refractivity contribution in [3.63, 3.8) is 0 Å². The highest BCUT2D eigenvalue weighted by atomic mass is 16.4. The van der Waals surface area contributed by atoms with Gasteiger partial charge in [-0.15, -0.1) is 0 Å². The molecule has 0 aliphatic carbocycles. The van der Waals surface area contributed by atoms with E-state index in [4.69, 9.17) is 0 Å². The van der Waals surface area contributed by atoms with Gasteiger partial charge in [-0.3, -0.25) is 0 Å². The number of anilines is 1. The number of hydrogen-bond donors (Lipinski definition) is 1. The van der Waals surface area contributed by atoms with Gasteiger partial charge in [-0.2, -0.15) is 0 Å². The van der Waals surface area contributed by atoms with Crippen LogP contribution in [0.4, 0.5) is 5.82 Å². The number of nitrogens with zero attached hydrogens (tertiary/aromatic N) is 3. The Hall–Kier alpha value is -2.17. The number of aliphatic carboxylic acids is 1.